The number of carboxylic acids is 1. The number of benzene rings is 3. The first-order chi connectivity index (χ1) is 19.6. The second-order valence-corrected chi connectivity index (χ2v) is 12.2. The third-order valence-electron chi connectivity index (χ3n) is 7.78. The van der Waals surface area contributed by atoms with E-state index < -0.39 is 17.5 Å². The van der Waals surface area contributed by atoms with Gasteiger partial charge in [0.2, 0.25) is 0 Å². The zero-order chi connectivity index (χ0) is 30.1. The maximum atomic E-state index is 13.6. The van der Waals surface area contributed by atoms with Crippen LogP contribution >= 0.6 is 31.9 Å². The number of esters is 1. The van der Waals surface area contributed by atoms with Crippen LogP contribution in [0, 0.1) is 0 Å². The summed E-state index contributed by atoms with van der Waals surface area (Å²) in [7, 11) is 0. The zero-order valence-electron chi connectivity index (χ0n) is 23.9. The molecule has 8 heteroatoms. The first kappa shape index (κ1) is 31.1. The van der Waals surface area contributed by atoms with Gasteiger partial charge in [0.05, 0.1) is 20.1 Å². The number of aryl methyl sites for hydroxylation is 2. The molecule has 1 heterocycles. The number of carboxylic acid groups (broad SMARTS) is 1. The Bertz CT molecular complexity index is 1440. The largest absolute Gasteiger partial charge is 0.506 e. The second-order valence-electron chi connectivity index (χ2n) is 10.6. The fraction of sp³-hybridized carbons (Fsp3) is 0.394. The van der Waals surface area contributed by atoms with E-state index in [9.17, 15) is 24.9 Å². The molecule has 0 bridgehead atoms. The highest BCUT2D eigenvalue weighted by Gasteiger charge is 2.52. The molecule has 1 aliphatic rings. The number of ether oxygens (including phenoxy) is 1. The van der Waals surface area contributed by atoms with Gasteiger partial charge in [-0.05, 0) is 104 Å². The van der Waals surface area contributed by atoms with Gasteiger partial charge >= 0.3 is 11.9 Å². The van der Waals surface area contributed by atoms with Crippen LogP contribution in [0.2, 0.25) is 0 Å². The summed E-state index contributed by atoms with van der Waals surface area (Å²) in [5.74, 6) is -1.64. The Morgan fingerprint density at radius 1 is 0.756 bits per heavy atom. The van der Waals surface area contributed by atoms with Gasteiger partial charge in [-0.1, -0.05) is 59.4 Å². The Labute approximate surface area is 258 Å². The van der Waals surface area contributed by atoms with E-state index in [4.69, 9.17) is 4.74 Å². The number of phenolic OH excluding ortho intramolecular Hbond substituents is 2. The molecule has 41 heavy (non-hydrogen) atoms. The Morgan fingerprint density at radius 3 is 1.63 bits per heavy atom. The molecule has 0 saturated carbocycles. The molecular formula is C33H36Br2O6. The summed E-state index contributed by atoms with van der Waals surface area (Å²) in [6.45, 7) is 8.25. The van der Waals surface area contributed by atoms with Gasteiger partial charge in [0.15, 0.2) is 5.60 Å². The Balaban J connectivity index is 2.19. The number of rotatable bonds is 11. The van der Waals surface area contributed by atoms with Crippen LogP contribution in [0.3, 0.4) is 0 Å². The fourth-order valence-corrected chi connectivity index (χ4v) is 7.24. The zero-order valence-corrected chi connectivity index (χ0v) is 27.0. The van der Waals surface area contributed by atoms with E-state index >= 15 is 0 Å². The molecule has 0 unspecified atom stereocenters. The van der Waals surface area contributed by atoms with Crippen LogP contribution in [0.25, 0.3) is 0 Å². The fourth-order valence-electron chi connectivity index (χ4n) is 5.98. The van der Waals surface area contributed by atoms with E-state index in [1.807, 2.05) is 12.1 Å². The number of hydrogen-bond donors (Lipinski definition) is 3. The Hall–Kier alpha value is -2.84. The minimum Gasteiger partial charge on any atom is -0.506 e. The highest BCUT2D eigenvalue weighted by atomic mass is 79.9. The number of hydrogen-bond acceptors (Lipinski definition) is 5. The Morgan fingerprint density at radius 2 is 1.22 bits per heavy atom. The van der Waals surface area contributed by atoms with Crippen molar-refractivity contribution in [3.63, 3.8) is 0 Å². The quantitative estimate of drug-likeness (QED) is 0.175. The molecule has 3 N–H and O–H groups in total. The summed E-state index contributed by atoms with van der Waals surface area (Å²) in [6.07, 6.45) is 6.16. The van der Waals surface area contributed by atoms with Gasteiger partial charge in [-0.25, -0.2) is 9.59 Å². The Kier molecular flexibility index (Phi) is 9.54. The molecule has 6 nitrogen and oxygen atoms in total. The van der Waals surface area contributed by atoms with Gasteiger partial charge in [-0.2, -0.15) is 0 Å². The molecule has 0 radical (unpaired) electrons. The second kappa shape index (κ2) is 12.6. The molecule has 0 saturated heterocycles. The van der Waals surface area contributed by atoms with Crippen molar-refractivity contribution in [2.75, 3.05) is 0 Å². The minimum absolute atomic E-state index is 0.0322. The lowest BCUT2D eigenvalue weighted by atomic mass is 9.76. The molecule has 0 aliphatic carbocycles. The van der Waals surface area contributed by atoms with Crippen LogP contribution in [0.4, 0.5) is 0 Å². The summed E-state index contributed by atoms with van der Waals surface area (Å²) in [4.78, 5) is 25.4. The molecule has 3 aromatic carbocycles. The molecule has 0 atom stereocenters. The molecule has 0 amide bonds. The molecule has 0 aromatic heterocycles. The van der Waals surface area contributed by atoms with Gasteiger partial charge in [0.1, 0.15) is 11.5 Å². The van der Waals surface area contributed by atoms with Crippen LogP contribution in [-0.4, -0.2) is 27.3 Å². The molecule has 1 aliphatic heterocycles. The van der Waals surface area contributed by atoms with Crippen molar-refractivity contribution in [2.45, 2.75) is 84.7 Å². The topological polar surface area (TPSA) is 104 Å². The summed E-state index contributed by atoms with van der Waals surface area (Å²) in [5, 5.41) is 32.7. The average molecular weight is 688 g/mol. The predicted molar refractivity (Wildman–Crippen MR) is 166 cm³/mol. The van der Waals surface area contributed by atoms with Gasteiger partial charge in [0.25, 0.3) is 0 Å². The van der Waals surface area contributed by atoms with E-state index in [0.29, 0.717) is 51.3 Å². The lowest BCUT2D eigenvalue weighted by Gasteiger charge is -2.34. The van der Waals surface area contributed by atoms with Crippen LogP contribution in [-0.2, 0) is 36.0 Å². The lowest BCUT2D eigenvalue weighted by Crippen LogP contribution is -2.31. The van der Waals surface area contributed by atoms with Crippen molar-refractivity contribution in [3.8, 4) is 11.5 Å². The SMILES string of the molecule is CCCc1cc(C2(c3cc(CCC)c(CCC)c(O)c3Br)OC(=O)c3cc(C(=O)O)ccc32)c(Br)c(O)c1CCC. The number of carbonyl (C=O) groups excluding carboxylic acids is 1. The lowest BCUT2D eigenvalue weighted by molar-refractivity contribution is 0.0245. The van der Waals surface area contributed by atoms with Gasteiger partial charge in [-0.3, -0.25) is 0 Å². The molecule has 0 spiro atoms. The maximum absolute atomic E-state index is 13.6. The summed E-state index contributed by atoms with van der Waals surface area (Å²) >= 11 is 7.31. The molecule has 0 fully saturated rings. The van der Waals surface area contributed by atoms with Crippen LogP contribution < -0.4 is 0 Å². The van der Waals surface area contributed by atoms with Crippen molar-refractivity contribution in [3.05, 3.63) is 89.3 Å². The average Bonchev–Trinajstić information content (AvgIpc) is 3.24. The number of aromatic hydroxyl groups is 2. The monoisotopic (exact) mass is 686 g/mol. The number of carbonyl (C=O) groups is 2. The van der Waals surface area contributed by atoms with Crippen molar-refractivity contribution in [1.82, 2.24) is 0 Å². The number of phenols is 2. The van der Waals surface area contributed by atoms with E-state index in [-0.39, 0.29) is 22.6 Å². The summed E-state index contributed by atoms with van der Waals surface area (Å²) in [5.41, 5.74) is 3.59. The maximum Gasteiger partial charge on any atom is 0.340 e. The number of halogens is 2. The van der Waals surface area contributed by atoms with E-state index in [0.717, 1.165) is 47.9 Å². The van der Waals surface area contributed by atoms with Crippen LogP contribution in [0.15, 0.2) is 39.3 Å². The standard InChI is InChI=1S/C33H36Br2O6/c1-5-9-18-16-25(27(34)29(36)21(18)11-7-3)33(24-14-13-20(31(38)39)15-23(24)32(40)41-33)26-17-19(10-6-2)22(12-8-4)30(37)28(26)35/h13-17,36-37H,5-12H2,1-4H3,(H,38,39). The summed E-state index contributed by atoms with van der Waals surface area (Å²) in [6, 6.07) is 8.36. The number of fused-ring (bicyclic) bond motifs is 1. The van der Waals surface area contributed by atoms with E-state index in [1.54, 1.807) is 6.07 Å². The summed E-state index contributed by atoms with van der Waals surface area (Å²) < 4.78 is 7.14. The third-order valence-corrected chi connectivity index (χ3v) is 9.39. The highest BCUT2D eigenvalue weighted by molar-refractivity contribution is 9.11. The van der Waals surface area contributed by atoms with Gasteiger partial charge in [0, 0.05) is 16.7 Å². The number of cyclic esters (lactones) is 1. The minimum atomic E-state index is -1.57. The molecular weight excluding hydrogens is 652 g/mol. The van der Waals surface area contributed by atoms with Gasteiger partial charge < -0.3 is 20.1 Å². The molecule has 218 valence electrons. The molecule has 3 aromatic rings. The predicted octanol–water partition coefficient (Wildman–Crippen LogP) is 8.59. The smallest absolute Gasteiger partial charge is 0.340 e. The highest BCUT2D eigenvalue weighted by Crippen LogP contribution is 2.55. The number of aromatic carboxylic acids is 1. The van der Waals surface area contributed by atoms with Crippen molar-refractivity contribution < 1.29 is 29.6 Å². The first-order valence-electron chi connectivity index (χ1n) is 14.3. The molecule has 4 rings (SSSR count). The van der Waals surface area contributed by atoms with E-state index in [1.165, 1.54) is 12.1 Å². The van der Waals surface area contributed by atoms with Crippen molar-refractivity contribution in [2.24, 2.45) is 0 Å². The first-order valence-corrected chi connectivity index (χ1v) is 15.8. The van der Waals surface area contributed by atoms with Crippen LogP contribution in [0.1, 0.15) is 113 Å². The van der Waals surface area contributed by atoms with E-state index in [2.05, 4.69) is 59.6 Å². The van der Waals surface area contributed by atoms with Crippen molar-refractivity contribution in [1.29, 1.82) is 0 Å². The normalized spacial score (nSPS) is 13.8. The van der Waals surface area contributed by atoms with Crippen molar-refractivity contribution >= 4 is 43.8 Å². The van der Waals surface area contributed by atoms with Gasteiger partial charge in [-0.15, -0.1) is 0 Å². The van der Waals surface area contributed by atoms with Crippen LogP contribution in [0.5, 0.6) is 11.5 Å². The third kappa shape index (κ3) is 5.29.